The highest BCUT2D eigenvalue weighted by Gasteiger charge is 2.17. The van der Waals surface area contributed by atoms with Crippen LogP contribution in [0.1, 0.15) is 38.2 Å². The topological polar surface area (TPSA) is 70.2 Å². The van der Waals surface area contributed by atoms with Gasteiger partial charge < -0.3 is 10.6 Å². The van der Waals surface area contributed by atoms with Crippen molar-refractivity contribution in [2.75, 3.05) is 23.1 Å². The zero-order chi connectivity index (χ0) is 19.4. The first-order valence-electron chi connectivity index (χ1n) is 9.25. The largest absolute Gasteiger partial charge is 0.381 e. The molecule has 1 fully saturated rings. The molecule has 1 saturated heterocycles. The molecular weight excluding hydrogens is 382 g/mol. The fraction of sp³-hybridized carbons (Fsp3) is 0.400. The van der Waals surface area contributed by atoms with E-state index in [-0.39, 0.29) is 4.90 Å². The van der Waals surface area contributed by atoms with E-state index in [1.54, 1.807) is 30.3 Å². The van der Waals surface area contributed by atoms with Gasteiger partial charge >= 0.3 is 0 Å². The lowest BCUT2D eigenvalue weighted by molar-refractivity contribution is 0.479. The standard InChI is InChI=1S/C20H26ClN3O2S/c1-14(2)15-3-6-18(7-4-15)27(25,26)24-17-5-8-19(21)20(13-17)23-16-9-11-22-12-10-16/h3-8,13-14,16,22-24H,9-12H2,1-2H3. The van der Waals surface area contributed by atoms with Crippen LogP contribution in [0.5, 0.6) is 0 Å². The Morgan fingerprint density at radius 3 is 2.37 bits per heavy atom. The average molecular weight is 408 g/mol. The van der Waals surface area contributed by atoms with Crippen LogP contribution in [0.25, 0.3) is 0 Å². The number of benzene rings is 2. The zero-order valence-electron chi connectivity index (χ0n) is 15.6. The molecule has 0 atom stereocenters. The molecule has 0 saturated carbocycles. The van der Waals surface area contributed by atoms with E-state index < -0.39 is 10.0 Å². The molecule has 2 aromatic rings. The molecule has 0 spiro atoms. The van der Waals surface area contributed by atoms with E-state index in [0.717, 1.165) is 37.2 Å². The number of nitrogens with one attached hydrogen (secondary N) is 3. The van der Waals surface area contributed by atoms with Crippen molar-refractivity contribution in [2.45, 2.75) is 43.5 Å². The highest BCUT2D eigenvalue weighted by atomic mass is 35.5. The number of rotatable bonds is 6. The van der Waals surface area contributed by atoms with Crippen molar-refractivity contribution in [3.05, 3.63) is 53.1 Å². The second-order valence-corrected chi connectivity index (χ2v) is 9.28. The fourth-order valence-corrected chi connectivity index (χ4v) is 4.35. The number of halogens is 1. The van der Waals surface area contributed by atoms with Crippen LogP contribution in [0.4, 0.5) is 11.4 Å². The van der Waals surface area contributed by atoms with E-state index in [2.05, 4.69) is 29.2 Å². The number of hydrogen-bond donors (Lipinski definition) is 3. The first-order chi connectivity index (χ1) is 12.8. The predicted molar refractivity (Wildman–Crippen MR) is 112 cm³/mol. The van der Waals surface area contributed by atoms with Gasteiger partial charge in [0.15, 0.2) is 0 Å². The Labute approximate surface area is 166 Å². The first-order valence-corrected chi connectivity index (χ1v) is 11.1. The third-order valence-corrected chi connectivity index (χ3v) is 6.50. The van der Waals surface area contributed by atoms with E-state index in [0.29, 0.717) is 22.7 Å². The van der Waals surface area contributed by atoms with Crippen molar-refractivity contribution < 1.29 is 8.42 Å². The Morgan fingerprint density at radius 1 is 1.07 bits per heavy atom. The first kappa shape index (κ1) is 20.0. The molecule has 0 radical (unpaired) electrons. The van der Waals surface area contributed by atoms with Gasteiger partial charge in [0.1, 0.15) is 0 Å². The molecule has 1 heterocycles. The maximum atomic E-state index is 12.7. The molecule has 146 valence electrons. The summed E-state index contributed by atoms with van der Waals surface area (Å²) in [5.74, 6) is 0.356. The molecule has 3 N–H and O–H groups in total. The summed E-state index contributed by atoms with van der Waals surface area (Å²) in [6.45, 7) is 6.08. The minimum atomic E-state index is -3.65. The highest BCUT2D eigenvalue weighted by Crippen LogP contribution is 2.29. The summed E-state index contributed by atoms with van der Waals surface area (Å²) in [6.07, 6.45) is 2.02. The number of sulfonamides is 1. The Kier molecular flexibility index (Phi) is 6.29. The van der Waals surface area contributed by atoms with E-state index >= 15 is 0 Å². The molecule has 7 heteroatoms. The van der Waals surface area contributed by atoms with Crippen LogP contribution in [0.3, 0.4) is 0 Å². The van der Waals surface area contributed by atoms with E-state index in [1.165, 1.54) is 0 Å². The third kappa shape index (κ3) is 5.15. The van der Waals surface area contributed by atoms with Gasteiger partial charge in [0.2, 0.25) is 0 Å². The van der Waals surface area contributed by atoms with Crippen molar-refractivity contribution in [1.82, 2.24) is 5.32 Å². The molecule has 0 aliphatic carbocycles. The SMILES string of the molecule is CC(C)c1ccc(S(=O)(=O)Nc2ccc(Cl)c(NC3CCNCC3)c2)cc1. The van der Waals surface area contributed by atoms with Crippen LogP contribution in [0.2, 0.25) is 5.02 Å². The summed E-state index contributed by atoms with van der Waals surface area (Å²) in [5.41, 5.74) is 2.34. The van der Waals surface area contributed by atoms with Gasteiger partial charge in [0, 0.05) is 6.04 Å². The van der Waals surface area contributed by atoms with Crippen molar-refractivity contribution in [1.29, 1.82) is 0 Å². The van der Waals surface area contributed by atoms with Gasteiger partial charge in [-0.1, -0.05) is 37.6 Å². The number of anilines is 2. The molecule has 0 bridgehead atoms. The normalized spacial score (nSPS) is 15.7. The monoisotopic (exact) mass is 407 g/mol. The minimum Gasteiger partial charge on any atom is -0.381 e. The van der Waals surface area contributed by atoms with Crippen LogP contribution < -0.4 is 15.4 Å². The summed E-state index contributed by atoms with van der Waals surface area (Å²) in [7, 11) is -3.65. The van der Waals surface area contributed by atoms with Crippen LogP contribution in [0.15, 0.2) is 47.4 Å². The molecule has 3 rings (SSSR count). The smallest absolute Gasteiger partial charge is 0.261 e. The number of piperidine rings is 1. The van der Waals surface area contributed by atoms with E-state index in [4.69, 9.17) is 11.6 Å². The van der Waals surface area contributed by atoms with Crippen LogP contribution >= 0.6 is 11.6 Å². The van der Waals surface area contributed by atoms with Crippen molar-refractivity contribution in [3.63, 3.8) is 0 Å². The van der Waals surface area contributed by atoms with Gasteiger partial charge in [-0.05, 0) is 67.7 Å². The minimum absolute atomic E-state index is 0.245. The summed E-state index contributed by atoms with van der Waals surface area (Å²) >= 11 is 6.30. The molecule has 1 aliphatic rings. The second-order valence-electron chi connectivity index (χ2n) is 7.19. The van der Waals surface area contributed by atoms with Crippen LogP contribution in [-0.2, 0) is 10.0 Å². The molecule has 5 nitrogen and oxygen atoms in total. The molecule has 2 aromatic carbocycles. The Morgan fingerprint density at radius 2 is 1.74 bits per heavy atom. The lowest BCUT2D eigenvalue weighted by Crippen LogP contribution is -2.35. The Hall–Kier alpha value is -1.76. The van der Waals surface area contributed by atoms with Crippen molar-refractivity contribution in [3.8, 4) is 0 Å². The maximum absolute atomic E-state index is 12.7. The second kappa shape index (κ2) is 8.50. The predicted octanol–water partition coefficient (Wildman–Crippen LogP) is 4.43. The van der Waals surface area contributed by atoms with Crippen molar-refractivity contribution in [2.24, 2.45) is 0 Å². The van der Waals surface area contributed by atoms with E-state index in [9.17, 15) is 8.42 Å². The fourth-order valence-electron chi connectivity index (χ4n) is 3.13. The molecule has 0 aromatic heterocycles. The molecule has 1 aliphatic heterocycles. The van der Waals surface area contributed by atoms with Crippen LogP contribution in [-0.4, -0.2) is 27.5 Å². The molecular formula is C20H26ClN3O2S. The summed E-state index contributed by atoms with van der Waals surface area (Å²) < 4.78 is 28.0. The quantitative estimate of drug-likeness (QED) is 0.662. The molecule has 27 heavy (non-hydrogen) atoms. The Balaban J connectivity index is 1.76. The average Bonchev–Trinajstić information content (AvgIpc) is 2.65. The zero-order valence-corrected chi connectivity index (χ0v) is 17.2. The lowest BCUT2D eigenvalue weighted by atomic mass is 10.0. The van der Waals surface area contributed by atoms with Gasteiger partial charge in [-0.15, -0.1) is 0 Å². The number of hydrogen-bond acceptors (Lipinski definition) is 4. The van der Waals surface area contributed by atoms with Gasteiger partial charge in [-0.25, -0.2) is 8.42 Å². The van der Waals surface area contributed by atoms with Gasteiger partial charge in [0.25, 0.3) is 10.0 Å². The lowest BCUT2D eigenvalue weighted by Gasteiger charge is -2.25. The van der Waals surface area contributed by atoms with Crippen LogP contribution in [0, 0.1) is 0 Å². The third-order valence-electron chi connectivity index (χ3n) is 4.77. The highest BCUT2D eigenvalue weighted by molar-refractivity contribution is 7.92. The molecule has 0 amide bonds. The van der Waals surface area contributed by atoms with Gasteiger partial charge in [-0.2, -0.15) is 0 Å². The van der Waals surface area contributed by atoms with Crippen molar-refractivity contribution >= 4 is 33.0 Å². The van der Waals surface area contributed by atoms with Gasteiger partial charge in [0.05, 0.1) is 21.3 Å². The summed E-state index contributed by atoms with van der Waals surface area (Å²) in [5, 5.41) is 7.33. The van der Waals surface area contributed by atoms with Gasteiger partial charge in [-0.3, -0.25) is 4.72 Å². The maximum Gasteiger partial charge on any atom is 0.261 e. The molecule has 0 unspecified atom stereocenters. The Bertz CT molecular complexity index is 877. The summed E-state index contributed by atoms with van der Waals surface area (Å²) in [6, 6.07) is 12.5. The summed E-state index contributed by atoms with van der Waals surface area (Å²) in [4.78, 5) is 0.245. The van der Waals surface area contributed by atoms with E-state index in [1.807, 2.05) is 12.1 Å².